The maximum Gasteiger partial charge on any atom is 0.421 e. The van der Waals surface area contributed by atoms with Gasteiger partial charge >= 0.3 is 26.1 Å². The highest BCUT2D eigenvalue weighted by Gasteiger charge is 1.90. The van der Waals surface area contributed by atoms with Crippen LogP contribution in [0.15, 0.2) is 0 Å². The van der Waals surface area contributed by atoms with Gasteiger partial charge in [0.05, 0.1) is 0 Å². The predicted molar refractivity (Wildman–Crippen MR) is 28.1 cm³/mol. The average molecular weight is 218 g/mol. The smallest absolute Gasteiger partial charge is 0.351 e. The van der Waals surface area contributed by atoms with E-state index in [0.717, 1.165) is 0 Å². The fourth-order valence-electron chi connectivity index (χ4n) is 0.0760. The molecular weight excluding hydrogens is 215 g/mol. The number of carbonyl (C=O) groups excluding carboxylic acids is 1. The van der Waals surface area contributed by atoms with Crippen LogP contribution in [-0.2, 0) is 6.14 Å². The Hall–Kier alpha value is -0.400. The molecule has 0 saturated heterocycles. The molecule has 2 amide bonds. The van der Waals surface area contributed by atoms with Crippen LogP contribution in [0, 0.1) is 0 Å². The SMILES string of the molecule is NC(=O)NI(=O)=O. The van der Waals surface area contributed by atoms with E-state index in [4.69, 9.17) is 0 Å². The Morgan fingerprint density at radius 2 is 2.00 bits per heavy atom. The zero-order chi connectivity index (χ0) is 5.86. The van der Waals surface area contributed by atoms with E-state index in [2.05, 4.69) is 5.73 Å². The van der Waals surface area contributed by atoms with Crippen molar-refractivity contribution in [3.63, 3.8) is 0 Å². The second-order valence-corrected chi connectivity index (χ2v) is 2.46. The topological polar surface area (TPSA) is 89.3 Å². The number of nitrogens with one attached hydrogen (secondary N) is 1. The van der Waals surface area contributed by atoms with Crippen LogP contribution in [0.1, 0.15) is 0 Å². The number of urea groups is 1. The lowest BCUT2D eigenvalue weighted by Gasteiger charge is -1.78. The molecule has 0 rings (SSSR count). The summed E-state index contributed by atoms with van der Waals surface area (Å²) in [4.78, 5) is 9.56. The third kappa shape index (κ3) is 5.60. The Morgan fingerprint density at radius 3 is 2.00 bits per heavy atom. The van der Waals surface area contributed by atoms with Crippen molar-refractivity contribution in [2.24, 2.45) is 5.73 Å². The average Bonchev–Trinajstić information content (AvgIpc) is 1.27. The Kier molecular flexibility index (Phi) is 2.56. The van der Waals surface area contributed by atoms with Gasteiger partial charge in [0.1, 0.15) is 0 Å². The summed E-state index contributed by atoms with van der Waals surface area (Å²) in [6.45, 7) is 0. The molecule has 0 aromatic rings. The highest BCUT2D eigenvalue weighted by atomic mass is 127. The van der Waals surface area contributed by atoms with Gasteiger partial charge in [-0.3, -0.25) is 0 Å². The summed E-state index contributed by atoms with van der Waals surface area (Å²) >= 11 is -3.59. The normalized spacial score (nSPS) is 8.71. The standard InChI is InChI=1S/CH3IN2O3/c3-1(5)4-2(6)7/h(H3,3,4,5,6,7). The molecule has 7 heavy (non-hydrogen) atoms. The molecule has 0 aromatic heterocycles. The molecule has 0 aliphatic rings. The minimum Gasteiger partial charge on any atom is -0.351 e. The van der Waals surface area contributed by atoms with Gasteiger partial charge in [-0.1, -0.05) is 0 Å². The van der Waals surface area contributed by atoms with Crippen molar-refractivity contribution in [3.05, 3.63) is 0 Å². The number of hydrogen-bond donors (Lipinski definition) is 2. The first-order chi connectivity index (χ1) is 3.13. The number of rotatable bonds is 1. The van der Waals surface area contributed by atoms with E-state index in [1.165, 1.54) is 3.53 Å². The van der Waals surface area contributed by atoms with Crippen molar-refractivity contribution < 1.29 is 10.9 Å². The van der Waals surface area contributed by atoms with Gasteiger partial charge < -0.3 is 5.73 Å². The van der Waals surface area contributed by atoms with E-state index in [9.17, 15) is 10.9 Å². The summed E-state index contributed by atoms with van der Waals surface area (Å²) in [5, 5.41) is 0. The number of carbonyl (C=O) groups is 1. The molecule has 3 N–H and O–H groups in total. The molecule has 0 spiro atoms. The lowest BCUT2D eigenvalue weighted by atomic mass is 11.2. The summed E-state index contributed by atoms with van der Waals surface area (Å²) in [5.41, 5.74) is 4.38. The molecule has 0 radical (unpaired) electrons. The lowest BCUT2D eigenvalue weighted by molar-refractivity contribution is 0.255. The van der Waals surface area contributed by atoms with Gasteiger partial charge in [0.15, 0.2) is 0 Å². The lowest BCUT2D eigenvalue weighted by Crippen LogP contribution is -2.20. The van der Waals surface area contributed by atoms with Gasteiger partial charge in [-0.15, -0.1) is 0 Å². The molecule has 0 fully saturated rings. The van der Waals surface area contributed by atoms with Crippen LogP contribution < -0.4 is 9.26 Å². The van der Waals surface area contributed by atoms with E-state index in [0.29, 0.717) is 0 Å². The van der Waals surface area contributed by atoms with Gasteiger partial charge in [-0.05, 0) is 0 Å². The van der Waals surface area contributed by atoms with Crippen molar-refractivity contribution in [1.29, 1.82) is 0 Å². The van der Waals surface area contributed by atoms with Crippen LogP contribution in [0.5, 0.6) is 0 Å². The van der Waals surface area contributed by atoms with Crippen LogP contribution in [-0.4, -0.2) is 6.03 Å². The van der Waals surface area contributed by atoms with Crippen molar-refractivity contribution in [1.82, 2.24) is 3.53 Å². The second kappa shape index (κ2) is 2.72. The third-order valence-electron chi connectivity index (χ3n) is 0.170. The largest absolute Gasteiger partial charge is 0.421 e. The quantitative estimate of drug-likeness (QED) is 0.470. The summed E-state index contributed by atoms with van der Waals surface area (Å²) in [5.74, 6) is 0. The Labute approximate surface area is 46.8 Å². The van der Waals surface area contributed by atoms with E-state index in [1.54, 1.807) is 0 Å². The Bertz CT molecular complexity index is 130. The minimum atomic E-state index is -3.59. The monoisotopic (exact) mass is 218 g/mol. The van der Waals surface area contributed by atoms with Gasteiger partial charge in [0.2, 0.25) is 0 Å². The van der Waals surface area contributed by atoms with Crippen LogP contribution in [0.2, 0.25) is 0 Å². The van der Waals surface area contributed by atoms with Crippen LogP contribution in [0.25, 0.3) is 0 Å². The first-order valence-corrected chi connectivity index (χ1v) is 4.08. The molecule has 0 aliphatic heterocycles. The van der Waals surface area contributed by atoms with Crippen LogP contribution in [0.3, 0.4) is 0 Å². The Balaban J connectivity index is 3.53. The van der Waals surface area contributed by atoms with Crippen molar-refractivity contribution in [2.45, 2.75) is 0 Å². The molecule has 0 unspecified atom stereocenters. The van der Waals surface area contributed by atoms with Crippen molar-refractivity contribution in [2.75, 3.05) is 0 Å². The molecule has 42 valence electrons. The van der Waals surface area contributed by atoms with Crippen LogP contribution >= 0.6 is 20.1 Å². The highest BCUT2D eigenvalue weighted by Crippen LogP contribution is 1.90. The summed E-state index contributed by atoms with van der Waals surface area (Å²) in [7, 11) is 0. The Morgan fingerprint density at radius 1 is 1.57 bits per heavy atom. The van der Waals surface area contributed by atoms with Crippen molar-refractivity contribution in [3.8, 4) is 0 Å². The van der Waals surface area contributed by atoms with Gasteiger partial charge in [-0.2, -0.15) is 0 Å². The molecule has 0 bridgehead atoms. The fourth-order valence-corrected chi connectivity index (χ4v) is 0.510. The summed E-state index contributed by atoms with van der Waals surface area (Å²) in [6.07, 6.45) is 0. The molecule has 0 aliphatic carbocycles. The zero-order valence-corrected chi connectivity index (χ0v) is 5.34. The van der Waals surface area contributed by atoms with E-state index in [1.807, 2.05) is 0 Å². The van der Waals surface area contributed by atoms with Gasteiger partial charge in [-0.25, -0.2) is 14.5 Å². The maximum atomic E-state index is 9.56. The molecule has 5 nitrogen and oxygen atoms in total. The fraction of sp³-hybridized carbons (Fsp3) is 0. The van der Waals surface area contributed by atoms with Crippen molar-refractivity contribution >= 4 is 26.1 Å². The van der Waals surface area contributed by atoms with E-state index in [-0.39, 0.29) is 0 Å². The zero-order valence-electron chi connectivity index (χ0n) is 3.18. The first-order valence-electron chi connectivity index (χ1n) is 1.24. The first kappa shape index (κ1) is 6.60. The molecule has 0 saturated carbocycles. The van der Waals surface area contributed by atoms with Crippen LogP contribution in [0.4, 0.5) is 4.79 Å². The maximum absolute atomic E-state index is 9.56. The molecule has 6 heteroatoms. The second-order valence-electron chi connectivity index (χ2n) is 0.676. The summed E-state index contributed by atoms with van der Waals surface area (Å²) < 4.78 is 20.5. The molecule has 0 heterocycles. The minimum absolute atomic E-state index is 1.02. The molecule has 0 atom stereocenters. The van der Waals surface area contributed by atoms with E-state index < -0.39 is 26.1 Å². The van der Waals surface area contributed by atoms with Gasteiger partial charge in [0.25, 0.3) is 0 Å². The van der Waals surface area contributed by atoms with Gasteiger partial charge in [0, 0.05) is 0 Å². The highest BCUT2D eigenvalue weighted by molar-refractivity contribution is 14.2. The third-order valence-corrected chi connectivity index (χ3v) is 1.14. The molecule has 0 aromatic carbocycles. The number of nitrogens with two attached hydrogens (primary N) is 1. The number of amides is 2. The number of halogens is 1. The summed E-state index contributed by atoms with van der Waals surface area (Å²) in [6, 6.07) is -1.02. The predicted octanol–water partition coefficient (Wildman–Crippen LogP) is -0.233. The van der Waals surface area contributed by atoms with E-state index >= 15 is 0 Å². The number of hydrogen-bond acceptors (Lipinski definition) is 3. The molecular formula is CH3IN2O3. The number of primary amides is 1.